The van der Waals surface area contributed by atoms with Crippen molar-refractivity contribution < 1.29 is 4.63 Å². The van der Waals surface area contributed by atoms with E-state index in [1.54, 1.807) is 46.2 Å². The van der Waals surface area contributed by atoms with Crippen molar-refractivity contribution in [2.45, 2.75) is 0 Å². The molecule has 7 nitrogen and oxygen atoms in total. The van der Waals surface area contributed by atoms with E-state index >= 15 is 0 Å². The number of fused-ring (bicyclic) bond motifs is 1. The Morgan fingerprint density at radius 1 is 0.760 bits per heavy atom. The Morgan fingerprint density at radius 2 is 1.20 bits per heavy atom. The van der Waals surface area contributed by atoms with Crippen molar-refractivity contribution in [3.05, 3.63) is 70.2 Å². The molecule has 3 aromatic rings. The largest absolute Gasteiger partial charge is 0.382 e. The molecule has 4 N–H and O–H groups in total. The predicted molar refractivity (Wildman–Crippen MR) is 96.9 cm³/mol. The Morgan fingerprint density at radius 3 is 1.60 bits per heavy atom. The fourth-order valence-corrected chi connectivity index (χ4v) is 3.04. The van der Waals surface area contributed by atoms with E-state index in [0.29, 0.717) is 33.1 Å². The number of nitrogens with zero attached hydrogens (tertiary/aromatic N) is 4. The number of aromatic nitrogens is 2. The lowest BCUT2D eigenvalue weighted by atomic mass is 10.2. The van der Waals surface area contributed by atoms with Crippen molar-refractivity contribution in [3.63, 3.8) is 0 Å². The first kappa shape index (κ1) is 15.6. The minimum absolute atomic E-state index is 0.269. The van der Waals surface area contributed by atoms with Crippen molar-refractivity contribution in [2.24, 2.45) is 11.5 Å². The Hall–Kier alpha value is -2.90. The van der Waals surface area contributed by atoms with Crippen molar-refractivity contribution in [1.82, 2.24) is 10.3 Å². The van der Waals surface area contributed by atoms with Gasteiger partial charge in [-0.25, -0.2) is 4.63 Å². The Balaban J connectivity index is 1.90. The van der Waals surface area contributed by atoms with E-state index < -0.39 is 0 Å². The summed E-state index contributed by atoms with van der Waals surface area (Å²) in [7, 11) is 0. The van der Waals surface area contributed by atoms with Crippen LogP contribution in [0.25, 0.3) is 0 Å². The molecule has 0 radical (unpaired) electrons. The highest BCUT2D eigenvalue weighted by molar-refractivity contribution is 6.31. The van der Waals surface area contributed by atoms with E-state index in [9.17, 15) is 0 Å². The number of hydrogen-bond donors (Lipinski definition) is 2. The average molecular weight is 375 g/mol. The van der Waals surface area contributed by atoms with E-state index in [1.807, 2.05) is 12.1 Å². The molecule has 0 amide bonds. The SMILES string of the molecule is NC1=C(N)N(c2cccc(Cl)c2)c2nonc2N1c1cccc(Cl)c1. The number of hydrogen-bond acceptors (Lipinski definition) is 7. The number of nitrogens with two attached hydrogens (primary N) is 2. The Labute approximate surface area is 153 Å². The van der Waals surface area contributed by atoms with Gasteiger partial charge in [0.25, 0.3) is 0 Å². The highest BCUT2D eigenvalue weighted by Gasteiger charge is 2.35. The van der Waals surface area contributed by atoms with Crippen molar-refractivity contribution in [3.8, 4) is 0 Å². The third-order valence-electron chi connectivity index (χ3n) is 3.76. The average Bonchev–Trinajstić information content (AvgIpc) is 3.04. The molecule has 0 unspecified atom stereocenters. The zero-order valence-corrected chi connectivity index (χ0v) is 14.2. The van der Waals surface area contributed by atoms with Gasteiger partial charge in [-0.2, -0.15) is 0 Å². The molecular weight excluding hydrogens is 363 g/mol. The maximum atomic E-state index is 6.30. The maximum Gasteiger partial charge on any atom is 0.229 e. The van der Waals surface area contributed by atoms with Crippen LogP contribution in [0.4, 0.5) is 23.0 Å². The second-order valence-corrected chi connectivity index (χ2v) is 6.19. The molecule has 0 saturated carbocycles. The molecule has 1 aliphatic heterocycles. The summed E-state index contributed by atoms with van der Waals surface area (Å²) in [6.45, 7) is 0. The molecular formula is C16H12Cl2N6O. The van der Waals surface area contributed by atoms with Gasteiger partial charge in [0, 0.05) is 10.0 Å². The first-order valence-electron chi connectivity index (χ1n) is 7.25. The first-order valence-corrected chi connectivity index (χ1v) is 8.01. The Bertz CT molecular complexity index is 910. The summed E-state index contributed by atoms with van der Waals surface area (Å²) in [5.74, 6) is 1.33. The predicted octanol–water partition coefficient (Wildman–Crippen LogP) is 3.71. The zero-order chi connectivity index (χ0) is 17.6. The summed E-state index contributed by atoms with van der Waals surface area (Å²) >= 11 is 12.2. The van der Waals surface area contributed by atoms with Gasteiger partial charge in [-0.1, -0.05) is 35.3 Å². The van der Waals surface area contributed by atoms with Gasteiger partial charge in [-0.3, -0.25) is 9.80 Å². The van der Waals surface area contributed by atoms with Gasteiger partial charge in [0.05, 0.1) is 11.4 Å². The molecule has 2 aromatic carbocycles. The lowest BCUT2D eigenvalue weighted by Crippen LogP contribution is -2.38. The van der Waals surface area contributed by atoms with Crippen LogP contribution in [0.2, 0.25) is 10.0 Å². The monoisotopic (exact) mass is 374 g/mol. The highest BCUT2D eigenvalue weighted by atomic mass is 35.5. The summed E-state index contributed by atoms with van der Waals surface area (Å²) in [4.78, 5) is 3.27. The maximum absolute atomic E-state index is 6.30. The fourth-order valence-electron chi connectivity index (χ4n) is 2.67. The van der Waals surface area contributed by atoms with Crippen molar-refractivity contribution >= 4 is 46.2 Å². The zero-order valence-electron chi connectivity index (χ0n) is 12.7. The summed E-state index contributed by atoms with van der Waals surface area (Å²) in [6.07, 6.45) is 0. The summed E-state index contributed by atoms with van der Waals surface area (Å²) in [6, 6.07) is 14.3. The molecule has 0 aliphatic carbocycles. The molecule has 25 heavy (non-hydrogen) atoms. The van der Waals surface area contributed by atoms with E-state index in [2.05, 4.69) is 10.3 Å². The number of rotatable bonds is 2. The van der Waals surface area contributed by atoms with Crippen molar-refractivity contribution in [2.75, 3.05) is 9.80 Å². The van der Waals surface area contributed by atoms with Gasteiger partial charge in [0.2, 0.25) is 11.6 Å². The van der Waals surface area contributed by atoms with Gasteiger partial charge in [0.15, 0.2) is 11.6 Å². The van der Waals surface area contributed by atoms with E-state index in [4.69, 9.17) is 39.3 Å². The highest BCUT2D eigenvalue weighted by Crippen LogP contribution is 2.43. The summed E-state index contributed by atoms with van der Waals surface area (Å²) in [5, 5.41) is 9.07. The summed E-state index contributed by atoms with van der Waals surface area (Å²) < 4.78 is 4.94. The number of anilines is 4. The molecule has 0 spiro atoms. The standard InChI is InChI=1S/C16H12Cl2N6O/c17-9-3-1-5-11(7-9)23-13(19)14(20)24(16-15(23)21-25-22-16)12-6-2-4-10(18)8-12/h1-8H,19-20H2. The van der Waals surface area contributed by atoms with Crippen LogP contribution in [0.5, 0.6) is 0 Å². The van der Waals surface area contributed by atoms with Crippen LogP contribution >= 0.6 is 23.2 Å². The third kappa shape index (κ3) is 2.54. The smallest absolute Gasteiger partial charge is 0.229 e. The van der Waals surface area contributed by atoms with Gasteiger partial charge >= 0.3 is 0 Å². The van der Waals surface area contributed by atoms with Crippen LogP contribution in [0.15, 0.2) is 64.8 Å². The van der Waals surface area contributed by atoms with E-state index in [0.717, 1.165) is 0 Å². The molecule has 4 rings (SSSR count). The van der Waals surface area contributed by atoms with Gasteiger partial charge < -0.3 is 11.5 Å². The lowest BCUT2D eigenvalue weighted by molar-refractivity contribution is 0.309. The number of benzene rings is 2. The molecule has 9 heteroatoms. The van der Waals surface area contributed by atoms with Gasteiger partial charge in [-0.15, -0.1) is 0 Å². The molecule has 1 aromatic heterocycles. The summed E-state index contributed by atoms with van der Waals surface area (Å²) in [5.41, 5.74) is 14.0. The van der Waals surface area contributed by atoms with Crippen LogP contribution in [0.3, 0.4) is 0 Å². The quantitative estimate of drug-likeness (QED) is 0.705. The van der Waals surface area contributed by atoms with Crippen LogP contribution in [-0.4, -0.2) is 10.3 Å². The van der Waals surface area contributed by atoms with Crippen LogP contribution in [0.1, 0.15) is 0 Å². The van der Waals surface area contributed by atoms with Gasteiger partial charge in [0.1, 0.15) is 0 Å². The minimum Gasteiger partial charge on any atom is -0.382 e. The lowest BCUT2D eigenvalue weighted by Gasteiger charge is -2.34. The molecule has 126 valence electrons. The molecule has 0 atom stereocenters. The van der Waals surface area contributed by atoms with Gasteiger partial charge in [-0.05, 0) is 46.7 Å². The van der Waals surface area contributed by atoms with E-state index in [1.165, 1.54) is 0 Å². The molecule has 0 bridgehead atoms. The first-order chi connectivity index (χ1) is 12.1. The minimum atomic E-state index is 0.269. The second-order valence-electron chi connectivity index (χ2n) is 5.31. The second kappa shape index (κ2) is 5.87. The van der Waals surface area contributed by atoms with Crippen LogP contribution < -0.4 is 21.3 Å². The fraction of sp³-hybridized carbons (Fsp3) is 0. The molecule has 0 fully saturated rings. The Kier molecular flexibility index (Phi) is 3.67. The van der Waals surface area contributed by atoms with Crippen LogP contribution in [0, 0.1) is 0 Å². The van der Waals surface area contributed by atoms with E-state index in [-0.39, 0.29) is 11.6 Å². The van der Waals surface area contributed by atoms with Crippen LogP contribution in [-0.2, 0) is 0 Å². The number of halogens is 2. The molecule has 0 saturated heterocycles. The third-order valence-corrected chi connectivity index (χ3v) is 4.23. The molecule has 2 heterocycles. The topological polar surface area (TPSA) is 97.4 Å². The van der Waals surface area contributed by atoms with Crippen molar-refractivity contribution in [1.29, 1.82) is 0 Å². The molecule has 1 aliphatic rings. The normalized spacial score (nSPS) is 14.0.